The zero-order valence-corrected chi connectivity index (χ0v) is 19.6. The number of hydrogen-bond donors (Lipinski definition) is 1. The van der Waals surface area contributed by atoms with Crippen molar-refractivity contribution in [3.8, 4) is 0 Å². The van der Waals surface area contributed by atoms with E-state index >= 15 is 0 Å². The predicted molar refractivity (Wildman–Crippen MR) is 128 cm³/mol. The largest absolute Gasteiger partial charge is 0.768 e. The topological polar surface area (TPSA) is 115 Å². The van der Waals surface area contributed by atoms with Crippen LogP contribution in [0.3, 0.4) is 0 Å². The summed E-state index contributed by atoms with van der Waals surface area (Å²) in [5.74, 6) is -0.325. The number of rotatable bonds is 3. The lowest BCUT2D eigenvalue weighted by molar-refractivity contribution is -0.118. The Hall–Kier alpha value is -3.08. The van der Waals surface area contributed by atoms with Gasteiger partial charge in [0.2, 0.25) is 11.9 Å². The number of aromatic nitrogens is 2. The fourth-order valence-corrected chi connectivity index (χ4v) is 4.75. The van der Waals surface area contributed by atoms with Crippen LogP contribution < -0.4 is 15.5 Å². The number of fused-ring (bicyclic) bond motifs is 1. The fourth-order valence-electron chi connectivity index (χ4n) is 4.19. The molecule has 8 nitrogen and oxygen atoms in total. The molecule has 2 atom stereocenters. The zero-order valence-electron chi connectivity index (χ0n) is 18.1. The molecule has 2 aromatic carbocycles. The van der Waals surface area contributed by atoms with Gasteiger partial charge in [0.15, 0.2) is 0 Å². The highest BCUT2D eigenvalue weighted by molar-refractivity contribution is 7.79. The van der Waals surface area contributed by atoms with Gasteiger partial charge in [-0.15, -0.1) is 10.2 Å². The Balaban J connectivity index is 0.000000291. The number of anilines is 3. The monoisotopic (exact) mass is 502 g/mol. The van der Waals surface area contributed by atoms with Crippen LogP contribution in [0, 0.1) is 5.95 Å². The SMILES string of the molecule is Nc1ccc(F)nn1.O=C1[C@@H](N2CCCc3cc(Cl)ccc32)CCN1c1ccc(S(=O)[O-])cc1. The van der Waals surface area contributed by atoms with Gasteiger partial charge in [0.05, 0.1) is 0 Å². The van der Waals surface area contributed by atoms with Crippen LogP contribution in [0.25, 0.3) is 0 Å². The van der Waals surface area contributed by atoms with Crippen LogP contribution in [0.1, 0.15) is 18.4 Å². The van der Waals surface area contributed by atoms with Gasteiger partial charge in [-0.05, 0) is 90.5 Å². The second kappa shape index (κ2) is 10.5. The average molecular weight is 503 g/mol. The smallest absolute Gasteiger partial charge is 0.249 e. The maximum absolute atomic E-state index is 13.0. The molecule has 2 aliphatic heterocycles. The number of aryl methyl sites for hydroxylation is 1. The summed E-state index contributed by atoms with van der Waals surface area (Å²) in [6.07, 6.45) is 2.72. The molecule has 1 fully saturated rings. The number of benzene rings is 2. The minimum Gasteiger partial charge on any atom is -0.768 e. The summed E-state index contributed by atoms with van der Waals surface area (Å²) in [6.45, 7) is 1.48. The molecule has 34 heavy (non-hydrogen) atoms. The highest BCUT2D eigenvalue weighted by Gasteiger charge is 2.38. The number of halogens is 2. The van der Waals surface area contributed by atoms with Gasteiger partial charge < -0.3 is 20.1 Å². The highest BCUT2D eigenvalue weighted by atomic mass is 35.5. The van der Waals surface area contributed by atoms with Crippen molar-refractivity contribution in [1.29, 1.82) is 0 Å². The van der Waals surface area contributed by atoms with Gasteiger partial charge in [-0.25, -0.2) is 0 Å². The van der Waals surface area contributed by atoms with Crippen molar-refractivity contribution in [2.75, 3.05) is 28.6 Å². The number of nitrogens with zero attached hydrogens (tertiary/aromatic N) is 4. The fraction of sp³-hybridized carbons (Fsp3) is 0.261. The second-order valence-electron chi connectivity index (χ2n) is 7.87. The summed E-state index contributed by atoms with van der Waals surface area (Å²) in [4.78, 5) is 17.2. The molecule has 11 heteroatoms. The van der Waals surface area contributed by atoms with Gasteiger partial charge in [0, 0.05) is 34.4 Å². The predicted octanol–water partition coefficient (Wildman–Crippen LogP) is 3.33. The molecule has 2 N–H and O–H groups in total. The Labute approximate surface area is 203 Å². The van der Waals surface area contributed by atoms with Crippen LogP contribution in [0.15, 0.2) is 59.5 Å². The Kier molecular flexibility index (Phi) is 7.40. The Morgan fingerprint density at radius 3 is 2.50 bits per heavy atom. The molecule has 2 aliphatic rings. The van der Waals surface area contributed by atoms with Crippen LogP contribution in [0.5, 0.6) is 0 Å². The molecule has 0 saturated carbocycles. The Morgan fingerprint density at radius 1 is 1.09 bits per heavy atom. The quantitative estimate of drug-likeness (QED) is 0.546. The van der Waals surface area contributed by atoms with Gasteiger partial charge in [-0.3, -0.25) is 9.00 Å². The van der Waals surface area contributed by atoms with Gasteiger partial charge >= 0.3 is 0 Å². The molecule has 1 amide bonds. The summed E-state index contributed by atoms with van der Waals surface area (Å²) in [6, 6.07) is 14.6. The maximum atomic E-state index is 13.0. The van der Waals surface area contributed by atoms with E-state index in [2.05, 4.69) is 15.1 Å². The van der Waals surface area contributed by atoms with Crippen molar-refractivity contribution in [2.45, 2.75) is 30.2 Å². The van der Waals surface area contributed by atoms with E-state index in [1.54, 1.807) is 17.0 Å². The molecule has 178 valence electrons. The van der Waals surface area contributed by atoms with E-state index < -0.39 is 17.0 Å². The van der Waals surface area contributed by atoms with Crippen LogP contribution in [0.4, 0.5) is 21.6 Å². The van der Waals surface area contributed by atoms with Crippen molar-refractivity contribution < 1.29 is 17.9 Å². The summed E-state index contributed by atoms with van der Waals surface area (Å²) < 4.78 is 33.9. The molecule has 1 aromatic heterocycles. The van der Waals surface area contributed by atoms with Crippen LogP contribution in [0.2, 0.25) is 5.02 Å². The third kappa shape index (κ3) is 5.35. The maximum Gasteiger partial charge on any atom is 0.249 e. The lowest BCUT2D eigenvalue weighted by atomic mass is 9.99. The van der Waals surface area contributed by atoms with Gasteiger partial charge in [-0.1, -0.05) is 11.6 Å². The molecule has 3 aromatic rings. The zero-order chi connectivity index (χ0) is 24.2. The Morgan fingerprint density at radius 2 is 1.85 bits per heavy atom. The van der Waals surface area contributed by atoms with E-state index in [0.29, 0.717) is 6.54 Å². The first kappa shape index (κ1) is 24.1. The van der Waals surface area contributed by atoms with E-state index in [4.69, 9.17) is 17.3 Å². The highest BCUT2D eigenvalue weighted by Crippen LogP contribution is 2.34. The van der Waals surface area contributed by atoms with Crippen molar-refractivity contribution in [2.24, 2.45) is 0 Å². The van der Waals surface area contributed by atoms with E-state index in [9.17, 15) is 17.9 Å². The Bertz CT molecular complexity index is 1180. The minimum absolute atomic E-state index is 0.0591. The van der Waals surface area contributed by atoms with Crippen molar-refractivity contribution in [1.82, 2.24) is 10.2 Å². The third-order valence-corrected chi connectivity index (χ3v) is 6.64. The van der Waals surface area contributed by atoms with Crippen LogP contribution in [-0.2, 0) is 22.3 Å². The summed E-state index contributed by atoms with van der Waals surface area (Å²) in [5.41, 5.74) is 8.11. The van der Waals surface area contributed by atoms with Gasteiger partial charge in [-0.2, -0.15) is 4.39 Å². The number of nitrogen functional groups attached to an aromatic ring is 1. The van der Waals surface area contributed by atoms with Crippen molar-refractivity contribution in [3.05, 3.63) is 71.1 Å². The number of nitrogens with two attached hydrogens (primary N) is 1. The number of amides is 1. The van der Waals surface area contributed by atoms with Gasteiger partial charge in [0.25, 0.3) is 0 Å². The lowest BCUT2D eigenvalue weighted by Gasteiger charge is -2.35. The van der Waals surface area contributed by atoms with Crippen LogP contribution >= 0.6 is 11.6 Å². The summed E-state index contributed by atoms with van der Waals surface area (Å²) in [7, 11) is 0. The molecule has 0 radical (unpaired) electrons. The van der Waals surface area contributed by atoms with E-state index in [1.807, 2.05) is 18.2 Å². The first-order chi connectivity index (χ1) is 16.3. The normalized spacial score (nSPS) is 18.2. The number of hydrogen-bond acceptors (Lipinski definition) is 7. The molecule has 5 rings (SSSR count). The second-order valence-corrected chi connectivity index (χ2v) is 9.25. The van der Waals surface area contributed by atoms with E-state index in [1.165, 1.54) is 23.8 Å². The summed E-state index contributed by atoms with van der Waals surface area (Å²) >= 11 is 3.86. The number of carbonyl (C=O) groups is 1. The van der Waals surface area contributed by atoms with Crippen molar-refractivity contribution in [3.63, 3.8) is 0 Å². The summed E-state index contributed by atoms with van der Waals surface area (Å²) in [5, 5.41) is 6.99. The molecular weight excluding hydrogens is 481 g/mol. The molecule has 3 heterocycles. The van der Waals surface area contributed by atoms with E-state index in [-0.39, 0.29) is 22.7 Å². The molecule has 0 aliphatic carbocycles. The molecule has 0 spiro atoms. The standard InChI is InChI=1S/C19H19ClN2O3S.C4H4FN3/c20-14-3-8-17-13(12-14)2-1-10-22(17)18-9-11-21(19(18)23)15-4-6-16(7-5-15)26(24)25;5-3-1-2-4(6)8-7-3/h3-8,12,18H,1-2,9-11H2,(H,24,25);1-2H,(H2,6,8)/p-1/t18-;/m0./s1. The first-order valence-corrected chi connectivity index (χ1v) is 12.1. The van der Waals surface area contributed by atoms with Crippen molar-refractivity contribution >= 4 is 45.8 Å². The molecule has 1 saturated heterocycles. The van der Waals surface area contributed by atoms with E-state index in [0.717, 1.165) is 48.3 Å². The minimum atomic E-state index is -2.26. The average Bonchev–Trinajstić information content (AvgIpc) is 3.22. The third-order valence-electron chi connectivity index (χ3n) is 5.74. The first-order valence-electron chi connectivity index (χ1n) is 10.6. The molecular formula is C23H22ClFN5O3S-. The molecule has 0 bridgehead atoms. The van der Waals surface area contributed by atoms with Crippen LogP contribution in [-0.4, -0.2) is 44.0 Å². The molecule has 1 unspecified atom stereocenters. The number of carbonyl (C=O) groups excluding carboxylic acids is 1. The van der Waals surface area contributed by atoms with Gasteiger partial charge in [0.1, 0.15) is 11.9 Å². The lowest BCUT2D eigenvalue weighted by Crippen LogP contribution is -2.44.